The van der Waals surface area contributed by atoms with E-state index in [0.717, 1.165) is 25.8 Å². The molecule has 0 aromatic carbocycles. The molecule has 1 aliphatic heterocycles. The lowest BCUT2D eigenvalue weighted by atomic mass is 9.96. The van der Waals surface area contributed by atoms with E-state index in [0.29, 0.717) is 6.42 Å². The zero-order valence-corrected chi connectivity index (χ0v) is 20.6. The molecule has 1 aliphatic rings. The first-order valence-corrected chi connectivity index (χ1v) is 11.6. The molecule has 1 heterocycles. The summed E-state index contributed by atoms with van der Waals surface area (Å²) in [6.07, 6.45) is 5.07. The Kier molecular flexibility index (Phi) is 10.7. The first-order valence-electron chi connectivity index (χ1n) is 11.6. The van der Waals surface area contributed by atoms with Gasteiger partial charge in [-0.1, -0.05) is 40.2 Å². The first kappa shape index (κ1) is 27.1. The average molecular weight is 438 g/mol. The maximum Gasteiger partial charge on any atom is 0.331 e. The van der Waals surface area contributed by atoms with Crippen LogP contribution in [0.3, 0.4) is 0 Å². The molecule has 31 heavy (non-hydrogen) atoms. The number of carbonyl (C=O) groups is 3. The number of carboxylic acid groups (broad SMARTS) is 1. The normalized spacial score (nSPS) is 20.1. The van der Waals surface area contributed by atoms with Gasteiger partial charge in [0.15, 0.2) is 0 Å². The van der Waals surface area contributed by atoms with Gasteiger partial charge in [0.25, 0.3) is 0 Å². The van der Waals surface area contributed by atoms with E-state index in [-0.39, 0.29) is 47.3 Å². The summed E-state index contributed by atoms with van der Waals surface area (Å²) in [5, 5.41) is 12.3. The number of likely N-dealkylation sites (N-methyl/N-ethyl adjacent to an activating group) is 1. The van der Waals surface area contributed by atoms with Crippen LogP contribution in [0.25, 0.3) is 0 Å². The molecule has 1 unspecified atom stereocenters. The number of likely N-dealkylation sites (tertiary alicyclic amines) is 1. The van der Waals surface area contributed by atoms with E-state index in [1.54, 1.807) is 18.0 Å². The molecule has 2 N–H and O–H groups in total. The van der Waals surface area contributed by atoms with Crippen LogP contribution in [-0.2, 0) is 14.4 Å². The monoisotopic (exact) mass is 437 g/mol. The van der Waals surface area contributed by atoms with E-state index in [1.807, 2.05) is 27.7 Å². The van der Waals surface area contributed by atoms with Crippen molar-refractivity contribution in [3.63, 3.8) is 0 Å². The van der Waals surface area contributed by atoms with Crippen LogP contribution in [0.15, 0.2) is 11.6 Å². The number of aliphatic carboxylic acids is 1. The van der Waals surface area contributed by atoms with Gasteiger partial charge in [-0.25, -0.2) is 4.79 Å². The number of piperidine rings is 1. The van der Waals surface area contributed by atoms with E-state index >= 15 is 0 Å². The quantitative estimate of drug-likeness (QED) is 0.512. The van der Waals surface area contributed by atoms with Gasteiger partial charge in [-0.15, -0.1) is 0 Å². The van der Waals surface area contributed by atoms with Crippen molar-refractivity contribution in [1.29, 1.82) is 0 Å². The summed E-state index contributed by atoms with van der Waals surface area (Å²) in [6, 6.07) is -0.936. The van der Waals surface area contributed by atoms with Gasteiger partial charge in [0, 0.05) is 18.7 Å². The molecule has 1 rings (SSSR count). The van der Waals surface area contributed by atoms with Crippen LogP contribution in [0.2, 0.25) is 0 Å². The highest BCUT2D eigenvalue weighted by molar-refractivity contribution is 5.90. The molecule has 0 aromatic heterocycles. The first-order chi connectivity index (χ1) is 14.4. The van der Waals surface area contributed by atoms with E-state index in [4.69, 9.17) is 0 Å². The minimum Gasteiger partial charge on any atom is -0.478 e. The number of hydrogen-bond acceptors (Lipinski definition) is 4. The van der Waals surface area contributed by atoms with Gasteiger partial charge >= 0.3 is 5.97 Å². The number of nitrogens with zero attached hydrogens (tertiary/aromatic N) is 2. The van der Waals surface area contributed by atoms with Crippen molar-refractivity contribution < 1.29 is 19.5 Å². The minimum absolute atomic E-state index is 0.0356. The molecule has 0 spiro atoms. The Morgan fingerprint density at radius 1 is 1.13 bits per heavy atom. The number of hydrogen-bond donors (Lipinski definition) is 2. The van der Waals surface area contributed by atoms with Crippen molar-refractivity contribution in [2.75, 3.05) is 13.6 Å². The van der Waals surface area contributed by atoms with Crippen LogP contribution >= 0.6 is 0 Å². The van der Waals surface area contributed by atoms with E-state index < -0.39 is 12.0 Å². The largest absolute Gasteiger partial charge is 0.478 e. The average Bonchev–Trinajstić information content (AvgIpc) is 2.69. The number of amides is 2. The Morgan fingerprint density at radius 3 is 2.23 bits per heavy atom. The van der Waals surface area contributed by atoms with Gasteiger partial charge in [-0.05, 0) is 58.4 Å². The molecule has 1 fully saturated rings. The van der Waals surface area contributed by atoms with Crippen LogP contribution in [0.5, 0.6) is 0 Å². The fourth-order valence-corrected chi connectivity index (χ4v) is 4.29. The molecule has 178 valence electrons. The molecule has 0 radical (unpaired) electrons. The number of nitrogens with one attached hydrogen (secondary N) is 1. The highest BCUT2D eigenvalue weighted by Gasteiger charge is 2.35. The van der Waals surface area contributed by atoms with E-state index in [2.05, 4.69) is 24.1 Å². The zero-order valence-electron chi connectivity index (χ0n) is 20.6. The van der Waals surface area contributed by atoms with Crippen LogP contribution < -0.4 is 5.32 Å². The highest BCUT2D eigenvalue weighted by Crippen LogP contribution is 2.21. The van der Waals surface area contributed by atoms with Gasteiger partial charge < -0.3 is 15.3 Å². The maximum atomic E-state index is 13.4. The predicted octanol–water partition coefficient (Wildman–Crippen LogP) is 3.29. The molecule has 0 aromatic rings. The second-order valence-corrected chi connectivity index (χ2v) is 9.87. The molecular weight excluding hydrogens is 394 g/mol. The van der Waals surface area contributed by atoms with Gasteiger partial charge in [0.05, 0.1) is 12.1 Å². The predicted molar refractivity (Wildman–Crippen MR) is 124 cm³/mol. The van der Waals surface area contributed by atoms with Gasteiger partial charge in [0.1, 0.15) is 6.04 Å². The Hall–Kier alpha value is -1.89. The van der Waals surface area contributed by atoms with Gasteiger partial charge in [-0.3, -0.25) is 14.5 Å². The fraction of sp³-hybridized carbons (Fsp3) is 0.792. The Labute approximate surface area is 188 Å². The molecule has 3 atom stereocenters. The molecule has 1 saturated heterocycles. The van der Waals surface area contributed by atoms with E-state index in [1.165, 1.54) is 6.92 Å². The summed E-state index contributed by atoms with van der Waals surface area (Å²) in [4.78, 5) is 41.7. The number of rotatable bonds is 10. The van der Waals surface area contributed by atoms with Crippen molar-refractivity contribution in [2.24, 2.45) is 11.8 Å². The number of carbonyl (C=O) groups excluding carboxylic acids is 2. The molecule has 0 saturated carbocycles. The van der Waals surface area contributed by atoms with Crippen molar-refractivity contribution in [3.8, 4) is 0 Å². The van der Waals surface area contributed by atoms with Crippen LogP contribution in [0, 0.1) is 11.8 Å². The third-order valence-corrected chi connectivity index (χ3v) is 6.07. The fourth-order valence-electron chi connectivity index (χ4n) is 4.29. The third-order valence-electron chi connectivity index (χ3n) is 6.07. The molecule has 0 bridgehead atoms. The molecule has 7 nitrogen and oxygen atoms in total. The standard InChI is InChI=1S/C24H43N3O4/c1-15(2)13-19(25-22(28)20-11-9-10-12-27(20)17(5)6)23(29)26(8)21(16(3)4)14-18(7)24(30)31/h14-17,19-21H,9-13H2,1-8H3,(H,25,28)(H,30,31)/b18-14+/t19-,20?,21+/m0/s1. The second kappa shape index (κ2) is 12.2. The summed E-state index contributed by atoms with van der Waals surface area (Å²) in [5.41, 5.74) is 0.206. The Bertz CT molecular complexity index is 657. The molecule has 0 aliphatic carbocycles. The van der Waals surface area contributed by atoms with Crippen molar-refractivity contribution >= 4 is 17.8 Å². The molecular formula is C24H43N3O4. The topological polar surface area (TPSA) is 90.0 Å². The second-order valence-electron chi connectivity index (χ2n) is 9.87. The lowest BCUT2D eigenvalue weighted by Crippen LogP contribution is -2.57. The van der Waals surface area contributed by atoms with E-state index in [9.17, 15) is 19.5 Å². The smallest absolute Gasteiger partial charge is 0.331 e. The van der Waals surface area contributed by atoms with Gasteiger partial charge in [0.2, 0.25) is 11.8 Å². The summed E-state index contributed by atoms with van der Waals surface area (Å²) >= 11 is 0. The van der Waals surface area contributed by atoms with Gasteiger partial charge in [-0.2, -0.15) is 0 Å². The Morgan fingerprint density at radius 2 is 1.74 bits per heavy atom. The Balaban J connectivity index is 3.08. The third kappa shape index (κ3) is 7.95. The molecule has 2 amide bonds. The summed E-state index contributed by atoms with van der Waals surface area (Å²) in [6.45, 7) is 14.6. The highest BCUT2D eigenvalue weighted by atomic mass is 16.4. The summed E-state index contributed by atoms with van der Waals surface area (Å²) < 4.78 is 0. The van der Waals surface area contributed by atoms with Crippen LogP contribution in [0.1, 0.15) is 74.1 Å². The maximum absolute atomic E-state index is 13.4. The van der Waals surface area contributed by atoms with Crippen LogP contribution in [0.4, 0.5) is 0 Å². The SMILES string of the molecule is C/C(=C\[C@H](C(C)C)N(C)C(=O)[C@H](CC(C)C)NC(=O)C1CCCCN1C(C)C)C(=O)O. The molecule has 7 heteroatoms. The van der Waals surface area contributed by atoms with Crippen molar-refractivity contribution in [3.05, 3.63) is 11.6 Å². The lowest BCUT2D eigenvalue weighted by Gasteiger charge is -2.39. The summed E-state index contributed by atoms with van der Waals surface area (Å²) in [7, 11) is 1.69. The van der Waals surface area contributed by atoms with Crippen LogP contribution in [-0.4, -0.2) is 70.4 Å². The minimum atomic E-state index is -0.996. The summed E-state index contributed by atoms with van der Waals surface area (Å²) in [5.74, 6) is -0.997. The zero-order chi connectivity index (χ0) is 23.9. The van der Waals surface area contributed by atoms with Crippen molar-refractivity contribution in [1.82, 2.24) is 15.1 Å². The van der Waals surface area contributed by atoms with Crippen molar-refractivity contribution in [2.45, 2.75) is 98.3 Å². The lowest BCUT2D eigenvalue weighted by molar-refractivity contribution is -0.139. The number of carboxylic acids is 1.